The fourth-order valence-corrected chi connectivity index (χ4v) is 0.758. The molecule has 5 nitrogen and oxygen atoms in total. The Bertz CT molecular complexity index is 229. The normalized spacial score (nSPS) is 12.0. The zero-order valence-electron chi connectivity index (χ0n) is 4.77. The Labute approximate surface area is 64.7 Å². The summed E-state index contributed by atoms with van der Waals surface area (Å²) in [5.41, 5.74) is 0. The second kappa shape index (κ2) is 2.31. The maximum absolute atomic E-state index is 8.49. The molecule has 0 amide bonds. The second-order valence-corrected chi connectivity index (χ2v) is 2.50. The standard InChI is InChI=1S/C4H5BrN2O3/c5-3-1-2-7(6-3)4(8,9)10/h1-2,8-10H. The number of halogens is 1. The van der Waals surface area contributed by atoms with Crippen molar-refractivity contribution in [3.8, 4) is 0 Å². The van der Waals surface area contributed by atoms with Gasteiger partial charge in [0, 0.05) is 6.20 Å². The quantitative estimate of drug-likeness (QED) is 0.528. The summed E-state index contributed by atoms with van der Waals surface area (Å²) in [5.74, 6) is 0. The minimum absolute atomic E-state index is 0.411. The van der Waals surface area contributed by atoms with Gasteiger partial charge < -0.3 is 15.3 Å². The molecule has 0 aliphatic rings. The summed E-state index contributed by atoms with van der Waals surface area (Å²) in [7, 11) is 0. The number of aromatic nitrogens is 2. The third-order valence-corrected chi connectivity index (χ3v) is 1.29. The van der Waals surface area contributed by atoms with E-state index in [0.29, 0.717) is 9.28 Å². The van der Waals surface area contributed by atoms with E-state index in [4.69, 9.17) is 15.3 Å². The van der Waals surface area contributed by atoms with Gasteiger partial charge in [0.15, 0.2) is 0 Å². The van der Waals surface area contributed by atoms with Gasteiger partial charge in [-0.2, -0.15) is 9.78 Å². The van der Waals surface area contributed by atoms with Gasteiger partial charge in [-0.1, -0.05) is 0 Å². The first kappa shape index (κ1) is 7.67. The van der Waals surface area contributed by atoms with E-state index in [0.717, 1.165) is 0 Å². The molecule has 0 radical (unpaired) electrons. The van der Waals surface area contributed by atoms with Gasteiger partial charge >= 0.3 is 6.10 Å². The zero-order chi connectivity index (χ0) is 7.78. The van der Waals surface area contributed by atoms with Crippen molar-refractivity contribution in [3.63, 3.8) is 0 Å². The molecule has 0 bridgehead atoms. The summed E-state index contributed by atoms with van der Waals surface area (Å²) in [6.07, 6.45) is -1.70. The Morgan fingerprint density at radius 1 is 1.50 bits per heavy atom. The molecule has 0 aliphatic heterocycles. The minimum Gasteiger partial charge on any atom is -0.324 e. The highest BCUT2D eigenvalue weighted by Crippen LogP contribution is 2.08. The Kier molecular flexibility index (Phi) is 1.78. The first-order valence-electron chi connectivity index (χ1n) is 2.39. The van der Waals surface area contributed by atoms with Crippen LogP contribution in [0.1, 0.15) is 0 Å². The molecule has 0 aromatic carbocycles. The van der Waals surface area contributed by atoms with Crippen LogP contribution < -0.4 is 0 Å². The van der Waals surface area contributed by atoms with E-state index in [1.54, 1.807) is 0 Å². The van der Waals surface area contributed by atoms with Gasteiger partial charge in [0.25, 0.3) is 0 Å². The summed E-state index contributed by atoms with van der Waals surface area (Å²) in [6, 6.07) is 1.46. The molecule has 0 saturated heterocycles. The highest BCUT2D eigenvalue weighted by atomic mass is 79.9. The van der Waals surface area contributed by atoms with E-state index in [-0.39, 0.29) is 0 Å². The van der Waals surface area contributed by atoms with Crippen molar-refractivity contribution in [2.24, 2.45) is 0 Å². The molecular weight excluding hydrogens is 204 g/mol. The van der Waals surface area contributed by atoms with Crippen LogP contribution in [0, 0.1) is 0 Å². The number of hydrogen-bond acceptors (Lipinski definition) is 4. The van der Waals surface area contributed by atoms with E-state index in [1.807, 2.05) is 0 Å². The van der Waals surface area contributed by atoms with Crippen LogP contribution >= 0.6 is 15.9 Å². The maximum atomic E-state index is 8.49. The topological polar surface area (TPSA) is 78.5 Å². The zero-order valence-corrected chi connectivity index (χ0v) is 6.35. The molecule has 0 spiro atoms. The molecule has 0 saturated carbocycles. The number of aliphatic hydroxyl groups is 3. The summed E-state index contributed by atoms with van der Waals surface area (Å²) in [6.45, 7) is 0. The molecule has 0 unspecified atom stereocenters. The Morgan fingerprint density at radius 3 is 2.30 bits per heavy atom. The molecule has 0 aliphatic carbocycles. The fraction of sp³-hybridized carbons (Fsp3) is 0.250. The first-order valence-corrected chi connectivity index (χ1v) is 3.18. The van der Waals surface area contributed by atoms with Gasteiger partial charge in [-0.3, -0.25) is 0 Å². The van der Waals surface area contributed by atoms with Gasteiger partial charge in [-0.15, -0.1) is 0 Å². The average Bonchev–Trinajstić information content (AvgIpc) is 2.11. The molecule has 3 N–H and O–H groups in total. The predicted molar refractivity (Wildman–Crippen MR) is 34.6 cm³/mol. The molecule has 0 atom stereocenters. The molecule has 10 heavy (non-hydrogen) atoms. The van der Waals surface area contributed by atoms with Crippen LogP contribution in [-0.4, -0.2) is 25.1 Å². The van der Waals surface area contributed by atoms with Crippen molar-refractivity contribution in [2.45, 2.75) is 6.10 Å². The molecular formula is C4H5BrN2O3. The largest absolute Gasteiger partial charge is 0.389 e. The van der Waals surface area contributed by atoms with E-state index in [9.17, 15) is 0 Å². The Morgan fingerprint density at radius 2 is 2.10 bits per heavy atom. The van der Waals surface area contributed by atoms with E-state index in [2.05, 4.69) is 21.0 Å². The van der Waals surface area contributed by atoms with Crippen LogP contribution in [0.15, 0.2) is 16.9 Å². The average molecular weight is 209 g/mol. The molecule has 1 aromatic heterocycles. The third kappa shape index (κ3) is 1.54. The molecule has 0 fully saturated rings. The highest BCUT2D eigenvalue weighted by Gasteiger charge is 2.21. The first-order chi connectivity index (χ1) is 4.50. The van der Waals surface area contributed by atoms with Crippen LogP contribution in [0.2, 0.25) is 0 Å². The molecule has 6 heteroatoms. The lowest BCUT2D eigenvalue weighted by atomic mass is 10.7. The third-order valence-electron chi connectivity index (χ3n) is 0.864. The van der Waals surface area contributed by atoms with Crippen molar-refractivity contribution in [3.05, 3.63) is 16.9 Å². The van der Waals surface area contributed by atoms with Crippen LogP contribution in [0.25, 0.3) is 0 Å². The van der Waals surface area contributed by atoms with Crippen LogP contribution in [0.3, 0.4) is 0 Å². The molecule has 1 aromatic rings. The van der Waals surface area contributed by atoms with Crippen molar-refractivity contribution in [1.82, 2.24) is 9.78 Å². The second-order valence-electron chi connectivity index (χ2n) is 1.68. The maximum Gasteiger partial charge on any atom is 0.389 e. The number of rotatable bonds is 1. The smallest absolute Gasteiger partial charge is 0.324 e. The number of nitrogens with zero attached hydrogens (tertiary/aromatic N) is 2. The van der Waals surface area contributed by atoms with Gasteiger partial charge in [-0.25, -0.2) is 0 Å². The van der Waals surface area contributed by atoms with Gasteiger partial charge in [0.05, 0.1) is 0 Å². The summed E-state index contributed by atoms with van der Waals surface area (Å²) in [5, 5.41) is 28.9. The SMILES string of the molecule is OC(O)(O)n1ccc(Br)n1. The summed E-state index contributed by atoms with van der Waals surface area (Å²) >= 11 is 2.96. The monoisotopic (exact) mass is 208 g/mol. The number of hydrogen-bond donors (Lipinski definition) is 3. The van der Waals surface area contributed by atoms with Crippen LogP contribution in [0.4, 0.5) is 0 Å². The van der Waals surface area contributed by atoms with Gasteiger partial charge in [0.1, 0.15) is 4.60 Å². The van der Waals surface area contributed by atoms with Crippen molar-refractivity contribution in [1.29, 1.82) is 0 Å². The summed E-state index contributed by atoms with van der Waals surface area (Å²) < 4.78 is 1.01. The predicted octanol–water partition coefficient (Wildman–Crippen LogP) is -0.810. The van der Waals surface area contributed by atoms with Gasteiger partial charge in [-0.05, 0) is 22.0 Å². The lowest BCUT2D eigenvalue weighted by molar-refractivity contribution is -0.381. The van der Waals surface area contributed by atoms with E-state index < -0.39 is 6.10 Å². The van der Waals surface area contributed by atoms with Crippen molar-refractivity contribution < 1.29 is 15.3 Å². The minimum atomic E-state index is -2.91. The molecule has 1 rings (SSSR count). The lowest BCUT2D eigenvalue weighted by Gasteiger charge is -2.12. The van der Waals surface area contributed by atoms with Gasteiger partial charge in [0.2, 0.25) is 0 Å². The van der Waals surface area contributed by atoms with E-state index >= 15 is 0 Å². The fourth-order valence-electron chi connectivity index (χ4n) is 0.469. The van der Waals surface area contributed by atoms with Crippen LogP contribution in [-0.2, 0) is 6.10 Å². The highest BCUT2D eigenvalue weighted by molar-refractivity contribution is 9.10. The van der Waals surface area contributed by atoms with E-state index in [1.165, 1.54) is 12.3 Å². The summed E-state index contributed by atoms with van der Waals surface area (Å²) in [4.78, 5) is 0. The lowest BCUT2D eigenvalue weighted by Crippen LogP contribution is -2.32. The Hall–Kier alpha value is -0.430. The van der Waals surface area contributed by atoms with Crippen LogP contribution in [0.5, 0.6) is 0 Å². The Balaban J connectivity index is 2.96. The molecule has 1 heterocycles. The molecule has 56 valence electrons. The van der Waals surface area contributed by atoms with Crippen molar-refractivity contribution >= 4 is 15.9 Å². The van der Waals surface area contributed by atoms with Crippen molar-refractivity contribution in [2.75, 3.05) is 0 Å².